The zero-order valence-electron chi connectivity index (χ0n) is 10.7. The van der Waals surface area contributed by atoms with Crippen LogP contribution in [0.4, 0.5) is 0 Å². The number of hydrogen-bond acceptors (Lipinski definition) is 4. The molecule has 0 saturated heterocycles. The lowest BCUT2D eigenvalue weighted by Gasteiger charge is -2.08. The third kappa shape index (κ3) is 3.02. The second-order valence-electron chi connectivity index (χ2n) is 4.77. The van der Waals surface area contributed by atoms with E-state index in [0.29, 0.717) is 16.2 Å². The largest absolute Gasteiger partial charge is 0.276 e. The fourth-order valence-corrected chi connectivity index (χ4v) is 4.18. The highest BCUT2D eigenvalue weighted by Crippen LogP contribution is 2.51. The first-order chi connectivity index (χ1) is 9.40. The van der Waals surface area contributed by atoms with Crippen LogP contribution in [-0.2, 0) is 21.1 Å². The van der Waals surface area contributed by atoms with Crippen LogP contribution < -0.4 is 0 Å². The molecule has 108 valence electrons. The van der Waals surface area contributed by atoms with Crippen molar-refractivity contribution in [2.24, 2.45) is 5.92 Å². The van der Waals surface area contributed by atoms with Gasteiger partial charge >= 0.3 is 0 Å². The Bertz CT molecular complexity index is 705. The topological polar surface area (TPSA) is 68.3 Å². The third-order valence-corrected chi connectivity index (χ3v) is 6.07. The maximum Gasteiger partial charge on any atom is 0.252 e. The standard InChI is InChI=1S/C13H13ClO4S2/c1-2-8-5-11(8)10-4-3-9(13(14)15)6-12(10)20(17,18)7-19-16/h3-4,6-8,11H,2,5H2,1H3. The van der Waals surface area contributed by atoms with Gasteiger partial charge in [0, 0.05) is 5.56 Å². The molecule has 20 heavy (non-hydrogen) atoms. The van der Waals surface area contributed by atoms with Gasteiger partial charge in [0.25, 0.3) is 5.24 Å². The summed E-state index contributed by atoms with van der Waals surface area (Å²) in [6.07, 6.45) is 1.90. The molecule has 0 spiro atoms. The highest BCUT2D eigenvalue weighted by Gasteiger charge is 2.39. The summed E-state index contributed by atoms with van der Waals surface area (Å²) in [6.45, 7) is 2.05. The van der Waals surface area contributed by atoms with Gasteiger partial charge in [-0.2, -0.15) is 0 Å². The van der Waals surface area contributed by atoms with E-state index < -0.39 is 15.1 Å². The van der Waals surface area contributed by atoms with Crippen molar-refractivity contribution in [1.29, 1.82) is 0 Å². The summed E-state index contributed by atoms with van der Waals surface area (Å²) >= 11 is 5.28. The molecule has 1 aromatic carbocycles. The second-order valence-corrected chi connectivity index (χ2v) is 7.61. The van der Waals surface area contributed by atoms with Crippen molar-refractivity contribution >= 4 is 42.6 Å². The minimum absolute atomic E-state index is 0.0216. The van der Waals surface area contributed by atoms with Crippen molar-refractivity contribution in [3.8, 4) is 0 Å². The quantitative estimate of drug-likeness (QED) is 0.613. The van der Waals surface area contributed by atoms with Crippen LogP contribution in [0.2, 0.25) is 0 Å². The number of benzene rings is 1. The van der Waals surface area contributed by atoms with Crippen LogP contribution >= 0.6 is 11.6 Å². The Labute approximate surface area is 126 Å². The van der Waals surface area contributed by atoms with E-state index in [1.165, 1.54) is 12.1 Å². The SMILES string of the molecule is CCC1CC1c1ccc(C(=O)Cl)cc1S(=O)(=O)C=S=O. The van der Waals surface area contributed by atoms with Crippen molar-refractivity contribution in [3.05, 3.63) is 29.3 Å². The van der Waals surface area contributed by atoms with Gasteiger partial charge in [0.15, 0.2) is 0 Å². The summed E-state index contributed by atoms with van der Waals surface area (Å²) in [6, 6.07) is 4.42. The summed E-state index contributed by atoms with van der Waals surface area (Å²) in [7, 11) is -3.82. The number of carbonyl (C=O) groups is 1. The molecule has 2 rings (SSSR count). The van der Waals surface area contributed by atoms with Gasteiger partial charge in [0.05, 0.1) is 4.90 Å². The fraction of sp³-hybridized carbons (Fsp3) is 0.385. The summed E-state index contributed by atoms with van der Waals surface area (Å²) < 4.78 is 35.4. The predicted molar refractivity (Wildman–Crippen MR) is 79.2 cm³/mol. The average Bonchev–Trinajstić information content (AvgIpc) is 3.17. The third-order valence-electron chi connectivity index (χ3n) is 3.56. The van der Waals surface area contributed by atoms with Crippen molar-refractivity contribution in [2.45, 2.75) is 30.6 Å². The molecule has 2 atom stereocenters. The maximum absolute atomic E-state index is 12.1. The Morgan fingerprint density at radius 3 is 2.70 bits per heavy atom. The van der Waals surface area contributed by atoms with Crippen molar-refractivity contribution in [3.63, 3.8) is 0 Å². The fourth-order valence-electron chi connectivity index (χ4n) is 2.39. The summed E-state index contributed by atoms with van der Waals surface area (Å²) in [5, 5.41) is -0.717. The van der Waals surface area contributed by atoms with Gasteiger partial charge < -0.3 is 0 Å². The molecule has 1 aromatic rings. The highest BCUT2D eigenvalue weighted by atomic mass is 35.5. The molecule has 7 heteroatoms. The number of carbonyl (C=O) groups excluding carboxylic acids is 1. The van der Waals surface area contributed by atoms with Crippen LogP contribution in [0.5, 0.6) is 0 Å². The number of rotatable bonds is 5. The van der Waals surface area contributed by atoms with Crippen LogP contribution in [0.3, 0.4) is 0 Å². The highest BCUT2D eigenvalue weighted by molar-refractivity contribution is 8.12. The molecule has 0 N–H and O–H groups in total. The van der Waals surface area contributed by atoms with Gasteiger partial charge in [-0.3, -0.25) is 4.79 Å². The minimum atomic E-state index is -3.82. The monoisotopic (exact) mass is 332 g/mol. The minimum Gasteiger partial charge on any atom is -0.276 e. The zero-order valence-corrected chi connectivity index (χ0v) is 13.1. The molecular weight excluding hydrogens is 320 g/mol. The molecule has 2 unspecified atom stereocenters. The molecule has 1 aliphatic rings. The molecule has 0 aliphatic heterocycles. The van der Waals surface area contributed by atoms with Crippen molar-refractivity contribution in [1.82, 2.24) is 0 Å². The molecular formula is C13H13ClO4S2. The molecule has 1 saturated carbocycles. The Balaban J connectivity index is 2.58. The summed E-state index contributed by atoms with van der Waals surface area (Å²) in [5.74, 6) is 0.635. The van der Waals surface area contributed by atoms with E-state index in [4.69, 9.17) is 11.6 Å². The Hall–Kier alpha value is -0.980. The molecule has 4 nitrogen and oxygen atoms in total. The van der Waals surface area contributed by atoms with E-state index in [9.17, 15) is 17.4 Å². The molecule has 0 radical (unpaired) electrons. The van der Waals surface area contributed by atoms with Crippen LogP contribution in [0.15, 0.2) is 23.1 Å². The van der Waals surface area contributed by atoms with Crippen LogP contribution in [0.1, 0.15) is 41.6 Å². The lowest BCUT2D eigenvalue weighted by Crippen LogP contribution is -2.07. The van der Waals surface area contributed by atoms with Gasteiger partial charge in [0.1, 0.15) is 16.0 Å². The Kier molecular flexibility index (Phi) is 4.46. The molecule has 1 fully saturated rings. The van der Waals surface area contributed by atoms with Crippen LogP contribution in [0, 0.1) is 5.92 Å². The average molecular weight is 333 g/mol. The number of sulfone groups is 1. The van der Waals surface area contributed by atoms with Gasteiger partial charge in [-0.15, -0.1) is 0 Å². The zero-order chi connectivity index (χ0) is 14.9. The van der Waals surface area contributed by atoms with E-state index in [1.54, 1.807) is 6.07 Å². The maximum atomic E-state index is 12.1. The molecule has 1 aliphatic carbocycles. The normalized spacial score (nSPS) is 21.3. The first-order valence-electron chi connectivity index (χ1n) is 6.11. The van der Waals surface area contributed by atoms with E-state index >= 15 is 0 Å². The lowest BCUT2D eigenvalue weighted by molar-refractivity contribution is 0.108. The summed E-state index contributed by atoms with van der Waals surface area (Å²) in [4.78, 5) is 11.2. The van der Waals surface area contributed by atoms with Crippen molar-refractivity contribution in [2.75, 3.05) is 0 Å². The predicted octanol–water partition coefficient (Wildman–Crippen LogP) is 2.33. The smallest absolute Gasteiger partial charge is 0.252 e. The first kappa shape index (κ1) is 15.4. The van der Waals surface area contributed by atoms with Gasteiger partial charge in [-0.1, -0.05) is 19.4 Å². The van der Waals surface area contributed by atoms with Gasteiger partial charge in [-0.05, 0) is 47.6 Å². The second kappa shape index (κ2) is 5.79. The number of hydrogen-bond donors (Lipinski definition) is 0. The van der Waals surface area contributed by atoms with Crippen LogP contribution in [0.25, 0.3) is 0 Å². The molecule has 0 bridgehead atoms. The van der Waals surface area contributed by atoms with Crippen LogP contribution in [-0.4, -0.2) is 22.6 Å². The number of halogens is 1. The molecule has 0 heterocycles. The Morgan fingerprint density at radius 2 is 2.20 bits per heavy atom. The van der Waals surface area contributed by atoms with E-state index in [-0.39, 0.29) is 27.6 Å². The molecule has 0 aromatic heterocycles. The van der Waals surface area contributed by atoms with Gasteiger partial charge in [0.2, 0.25) is 9.84 Å². The van der Waals surface area contributed by atoms with E-state index in [2.05, 4.69) is 6.92 Å². The Morgan fingerprint density at radius 1 is 1.50 bits per heavy atom. The van der Waals surface area contributed by atoms with Crippen molar-refractivity contribution < 1.29 is 17.4 Å². The lowest BCUT2D eigenvalue weighted by atomic mass is 10.1. The first-order valence-corrected chi connectivity index (χ1v) is 8.84. The summed E-state index contributed by atoms with van der Waals surface area (Å²) in [5.41, 5.74) is 0.788. The molecule has 0 amide bonds. The van der Waals surface area contributed by atoms with Gasteiger partial charge in [-0.25, -0.2) is 12.6 Å². The van der Waals surface area contributed by atoms with E-state index in [0.717, 1.165) is 12.8 Å². The van der Waals surface area contributed by atoms with E-state index in [1.807, 2.05) is 0 Å².